The molecule has 3 heterocycles. The number of carbonyl (C=O) groups excluding carboxylic acids is 8. The third-order valence-corrected chi connectivity index (χ3v) is 16.1. The highest BCUT2D eigenvalue weighted by Crippen LogP contribution is 2.25. The number of nitrogens with one attached hydrogen (secondary N) is 10. The molecule has 6 rings (SSSR count). The van der Waals surface area contributed by atoms with Crippen molar-refractivity contribution in [2.24, 2.45) is 11.6 Å². The molecule has 482 valence electrons. The Labute approximate surface area is 516 Å². The Morgan fingerprint density at radius 2 is 1.36 bits per heavy atom. The molecule has 10 atom stereocenters. The van der Waals surface area contributed by atoms with Crippen molar-refractivity contribution in [3.05, 3.63) is 126 Å². The summed E-state index contributed by atoms with van der Waals surface area (Å²) >= 11 is 0. The molecule has 0 spiro atoms. The van der Waals surface area contributed by atoms with Crippen LogP contribution in [0.4, 0.5) is 19.0 Å². The molecule has 32 heteroatoms. The smallest absolute Gasteiger partial charge is 0.490 e. The van der Waals surface area contributed by atoms with Gasteiger partial charge in [0, 0.05) is 54.1 Å². The highest BCUT2D eigenvalue weighted by molar-refractivity contribution is 8.76. The molecule has 0 radical (unpaired) electrons. The van der Waals surface area contributed by atoms with E-state index in [0.29, 0.717) is 34.9 Å². The normalized spacial score (nSPS) is 20.4. The van der Waals surface area contributed by atoms with E-state index in [4.69, 9.17) is 21.5 Å². The average molecular weight is 1280 g/mol. The number of aromatic hydroxyl groups is 1. The number of hydrogen-bond acceptors (Lipinski definition) is 19. The minimum Gasteiger partial charge on any atom is -0.508 e. The number of aliphatic hydroxyl groups is 3. The lowest BCUT2D eigenvalue weighted by atomic mass is 10.0. The maximum Gasteiger partial charge on any atom is 0.490 e. The number of halogens is 3. The van der Waals surface area contributed by atoms with Crippen LogP contribution < -0.4 is 59.5 Å². The van der Waals surface area contributed by atoms with E-state index in [0.717, 1.165) is 27.1 Å². The van der Waals surface area contributed by atoms with Gasteiger partial charge in [0.1, 0.15) is 53.9 Å². The van der Waals surface area contributed by atoms with Crippen LogP contribution in [0.3, 0.4) is 0 Å². The quantitative estimate of drug-likeness (QED) is 0.0206. The Kier molecular flexibility index (Phi) is 27.9. The SMILES string of the molecule is C[C@@H](O)[C@@H]1NC(=O)[C@H](CCCCN)NC(=O)[C@@H](Cc2c[nH]c3ccccc23)NC(=O)[C@H](Cc2ccc(O)cc2)NC(=O)[C@@H](NC(=O)[C@@H](Cc2ccccc2)NC(=O)c2ccc(NN)nc2)CSSC[C@@H](C(=O)N[C@H](CO)[C@@H](C)O)NC1=O.O=C(O)C(F)(F)F. The largest absolute Gasteiger partial charge is 0.508 e. The second-order valence-corrected chi connectivity index (χ2v) is 23.0. The molecule has 1 aliphatic heterocycles. The van der Waals surface area contributed by atoms with Gasteiger partial charge in [-0.05, 0) is 86.7 Å². The summed E-state index contributed by atoms with van der Waals surface area (Å²) in [5.41, 5.74) is 10.7. The first-order valence-corrected chi connectivity index (χ1v) is 30.3. The molecule has 8 amide bonds. The molecule has 2 aromatic heterocycles. The number of nitrogens with zero attached hydrogens (tertiary/aromatic N) is 1. The van der Waals surface area contributed by atoms with Crippen molar-refractivity contribution in [2.45, 2.75) is 119 Å². The molecule has 89 heavy (non-hydrogen) atoms. The minimum absolute atomic E-state index is 0.0171. The molecule has 1 aliphatic rings. The molecular formula is C57H72F3N13O14S2. The Balaban J connectivity index is 0.00000194. The zero-order chi connectivity index (χ0) is 65.4. The van der Waals surface area contributed by atoms with Crippen LogP contribution in [-0.4, -0.2) is 180 Å². The molecule has 0 unspecified atom stereocenters. The van der Waals surface area contributed by atoms with Gasteiger partial charge in [-0.3, -0.25) is 38.4 Å². The third-order valence-electron chi connectivity index (χ3n) is 13.6. The van der Waals surface area contributed by atoms with E-state index < -0.39 is 127 Å². The van der Waals surface area contributed by atoms with E-state index in [1.165, 1.54) is 56.4 Å². The summed E-state index contributed by atoms with van der Waals surface area (Å²) in [5, 5.41) is 70.7. The number of anilines is 1. The van der Waals surface area contributed by atoms with Crippen LogP contribution in [-0.2, 0) is 57.6 Å². The van der Waals surface area contributed by atoms with E-state index in [9.17, 15) is 72.0 Å². The van der Waals surface area contributed by atoms with Gasteiger partial charge in [0.2, 0.25) is 41.4 Å². The van der Waals surface area contributed by atoms with Crippen molar-refractivity contribution in [3.8, 4) is 5.75 Å². The van der Waals surface area contributed by atoms with Crippen molar-refractivity contribution >= 4 is 91.5 Å². The Morgan fingerprint density at radius 3 is 1.97 bits per heavy atom. The number of hydrogen-bond donors (Lipinski definition) is 17. The van der Waals surface area contributed by atoms with Crippen LogP contribution in [0, 0.1) is 0 Å². The predicted octanol–water partition coefficient (Wildman–Crippen LogP) is -0.315. The lowest BCUT2D eigenvalue weighted by Gasteiger charge is -2.29. The molecular weight excluding hydrogens is 1210 g/mol. The molecule has 3 aromatic carbocycles. The molecule has 27 nitrogen and oxygen atoms in total. The number of rotatable bonds is 20. The number of nitrogens with two attached hydrogens (primary N) is 2. The van der Waals surface area contributed by atoms with Gasteiger partial charge in [0.25, 0.3) is 5.91 Å². The first-order chi connectivity index (χ1) is 42.3. The summed E-state index contributed by atoms with van der Waals surface area (Å²) in [4.78, 5) is 132. The monoisotopic (exact) mass is 1280 g/mol. The van der Waals surface area contributed by atoms with Gasteiger partial charge in [-0.2, -0.15) is 13.2 Å². The Bertz CT molecular complexity index is 3190. The van der Waals surface area contributed by atoms with E-state index in [1.807, 2.05) is 18.2 Å². The number of alkyl halides is 3. The number of phenolic OH excluding ortho intramolecular Hbond substituents is 1. The third kappa shape index (κ3) is 22.5. The summed E-state index contributed by atoms with van der Waals surface area (Å²) < 4.78 is 31.7. The summed E-state index contributed by atoms with van der Waals surface area (Å²) in [6, 6.07) is 13.1. The average Bonchev–Trinajstić information content (AvgIpc) is 3.45. The standard InChI is InChI=1S/C55H71N13O12S2.C2HF3O2/c1-30(70)43(27-69)64-54(79)45-29-82-81-28-44(65-51(76)40(22-32-10-4-3-5-11-32)61-48(73)34-17-20-46(68-57)59-25-34)53(78)62-41(23-33-15-18-36(72)19-16-33)50(75)63-42(24-35-26-58-38-13-7-6-12-37(35)38)52(77)60-39(14-8-9-21-56)49(74)67-47(31(2)71)55(80)66-45;3-2(4,5)1(6)7/h3-7,10-13,15-20,25-26,30-31,39-45,47,58,69-72H,8-9,14,21-24,27-29,56-57H2,1-2H3,(H,59,68)(H,60,77)(H,61,73)(H,62,78)(H,63,75)(H,64,79)(H,65,76)(H,66,80)(H,67,74);(H,6,7)/t30-,31-,39+,40-,41+,42-,43-,44+,45+,47+;/m1./s1. The number of phenols is 1. The van der Waals surface area contributed by atoms with E-state index in [1.54, 1.807) is 42.6 Å². The zero-order valence-corrected chi connectivity index (χ0v) is 49.8. The molecule has 5 aromatic rings. The van der Waals surface area contributed by atoms with Gasteiger partial charge in [-0.15, -0.1) is 0 Å². The number of para-hydroxylation sites is 1. The van der Waals surface area contributed by atoms with Gasteiger partial charge in [-0.25, -0.2) is 15.6 Å². The van der Waals surface area contributed by atoms with Crippen LogP contribution >= 0.6 is 21.6 Å². The number of carbonyl (C=O) groups is 9. The molecule has 0 saturated carbocycles. The number of unbranched alkanes of at least 4 members (excludes halogenated alkanes) is 1. The number of fused-ring (bicyclic) bond motifs is 1. The van der Waals surface area contributed by atoms with Crippen LogP contribution in [0.5, 0.6) is 5.75 Å². The van der Waals surface area contributed by atoms with E-state index >= 15 is 0 Å². The number of carboxylic acid groups (broad SMARTS) is 1. The summed E-state index contributed by atoms with van der Waals surface area (Å²) in [5.74, 6) is -4.65. The van der Waals surface area contributed by atoms with E-state index in [2.05, 4.69) is 57.9 Å². The first-order valence-electron chi connectivity index (χ1n) is 27.8. The van der Waals surface area contributed by atoms with Crippen LogP contribution in [0.25, 0.3) is 10.9 Å². The Morgan fingerprint density at radius 1 is 0.742 bits per heavy atom. The number of aliphatic carboxylic acids is 1. The maximum absolute atomic E-state index is 15.0. The van der Waals surface area contributed by atoms with Gasteiger partial charge < -0.3 is 84.2 Å². The predicted molar refractivity (Wildman–Crippen MR) is 323 cm³/mol. The van der Waals surface area contributed by atoms with Crippen LogP contribution in [0.15, 0.2) is 103 Å². The van der Waals surface area contributed by atoms with Crippen molar-refractivity contribution in [2.75, 3.05) is 30.1 Å². The molecule has 1 fully saturated rings. The number of carboxylic acids is 1. The van der Waals surface area contributed by atoms with Crippen molar-refractivity contribution in [1.82, 2.24) is 52.5 Å². The van der Waals surface area contributed by atoms with Gasteiger partial charge in [0.05, 0.1) is 30.4 Å². The van der Waals surface area contributed by atoms with Gasteiger partial charge in [0.15, 0.2) is 0 Å². The number of aromatic amines is 1. The fourth-order valence-corrected chi connectivity index (χ4v) is 11.0. The highest BCUT2D eigenvalue weighted by atomic mass is 33.1. The van der Waals surface area contributed by atoms with E-state index in [-0.39, 0.29) is 60.9 Å². The van der Waals surface area contributed by atoms with Crippen molar-refractivity contribution in [1.29, 1.82) is 0 Å². The summed E-state index contributed by atoms with van der Waals surface area (Å²) in [6.45, 7) is 2.09. The molecule has 0 bridgehead atoms. The van der Waals surface area contributed by atoms with Crippen LogP contribution in [0.1, 0.15) is 60.2 Å². The number of benzene rings is 3. The molecule has 19 N–H and O–H groups in total. The number of amides is 8. The number of H-pyrrole nitrogens is 1. The number of pyridine rings is 1. The molecule has 1 saturated heterocycles. The van der Waals surface area contributed by atoms with Gasteiger partial charge >= 0.3 is 12.1 Å². The van der Waals surface area contributed by atoms with Crippen molar-refractivity contribution < 1.29 is 81.9 Å². The Hall–Kier alpha value is -8.53. The minimum atomic E-state index is -5.08. The number of nitrogen functional groups attached to an aromatic ring is 1. The summed E-state index contributed by atoms with van der Waals surface area (Å²) in [7, 11) is 1.91. The first kappa shape index (κ1) is 71.2. The second kappa shape index (κ2) is 34.9. The lowest BCUT2D eigenvalue weighted by molar-refractivity contribution is -0.192. The fourth-order valence-electron chi connectivity index (χ4n) is 8.69. The van der Waals surface area contributed by atoms with Crippen LogP contribution in [0.2, 0.25) is 0 Å². The summed E-state index contributed by atoms with van der Waals surface area (Å²) in [6.07, 6.45) is -4.72. The second-order valence-electron chi connectivity index (χ2n) is 20.5. The molecule has 0 aliphatic carbocycles. The van der Waals surface area contributed by atoms with Crippen molar-refractivity contribution in [3.63, 3.8) is 0 Å². The number of aromatic nitrogens is 2. The fraction of sp³-hybridized carbons (Fsp3) is 0.404. The topological polar surface area (TPSA) is 444 Å². The number of hydrazine groups is 1. The maximum atomic E-state index is 15.0. The zero-order valence-electron chi connectivity index (χ0n) is 48.1. The number of aliphatic hydroxyl groups excluding tert-OH is 3. The highest BCUT2D eigenvalue weighted by Gasteiger charge is 2.39. The lowest BCUT2D eigenvalue weighted by Crippen LogP contribution is -2.62. The van der Waals surface area contributed by atoms with Gasteiger partial charge in [-0.1, -0.05) is 82.3 Å².